The number of benzene rings is 5. The monoisotopic (exact) mass is 1310 g/mol. The zero-order valence-electron chi connectivity index (χ0n) is 51.9. The quantitative estimate of drug-likeness (QED) is 0.00471. The zero-order chi connectivity index (χ0) is 66.6. The molecule has 0 aromatic heterocycles. The Hall–Kier alpha value is -8.02. The average molecular weight is 1310 g/mol. The second kappa shape index (κ2) is 34.2. The van der Waals surface area contributed by atoms with Crippen LogP contribution in [0.3, 0.4) is 0 Å². The maximum absolute atomic E-state index is 12.8. The minimum absolute atomic E-state index is 0.0139. The number of unbranched alkanes of at least 4 members (excludes halogenated alkanes) is 12. The molecule has 4 aromatic rings. The lowest BCUT2D eigenvalue weighted by atomic mass is 9.90. The maximum Gasteiger partial charge on any atom is 0.336 e. The molecule has 0 saturated carbocycles. The van der Waals surface area contributed by atoms with Gasteiger partial charge in [0.05, 0.1) is 23.0 Å². The second-order valence-electron chi connectivity index (χ2n) is 23.4. The topological polar surface area (TPSA) is 371 Å². The molecule has 93 heavy (non-hydrogen) atoms. The van der Waals surface area contributed by atoms with Gasteiger partial charge in [0.25, 0.3) is 5.91 Å². The number of nitrogens with zero attached hydrogens (tertiary/aromatic N) is 3. The van der Waals surface area contributed by atoms with Crippen LogP contribution in [-0.4, -0.2) is 159 Å². The molecule has 1 aliphatic carbocycles. The van der Waals surface area contributed by atoms with E-state index in [4.69, 9.17) is 40.3 Å². The number of phenolic OH excluding ortho intramolecular Hbond substituents is 1. The first kappa shape index (κ1) is 70.8. The number of aromatic hydroxyl groups is 1. The van der Waals surface area contributed by atoms with E-state index in [1.165, 1.54) is 30.3 Å². The van der Waals surface area contributed by atoms with E-state index < -0.39 is 86.1 Å². The van der Waals surface area contributed by atoms with Crippen LogP contribution < -0.4 is 26.3 Å². The van der Waals surface area contributed by atoms with Crippen LogP contribution in [0.2, 0.25) is 0 Å². The third-order valence-electron chi connectivity index (χ3n) is 16.0. The fourth-order valence-electron chi connectivity index (χ4n) is 10.8. The SMILES string of the molecule is CN(C)c1ccc(/N=N/c2ccc(C(=O)NCCCCCCCCCC(=O)OC3C[C@@H](O)C(O)[C@@](O)(OC4OC(COC(=O)CCCCCCCCCNC(=S)Nc5ccc(-c6c7ccc(=O)cc-7oc7cc(O)ccc67)c(C(=O)O)c5)C(O)C(O)C4O)O3)cc2)cc1. The lowest BCUT2D eigenvalue weighted by Gasteiger charge is -2.46. The molecule has 2 saturated heterocycles. The normalized spacial score (nSPS) is 21.3. The second-order valence-corrected chi connectivity index (χ2v) is 23.8. The summed E-state index contributed by atoms with van der Waals surface area (Å²) < 4.78 is 33.0. The van der Waals surface area contributed by atoms with E-state index in [0.29, 0.717) is 76.5 Å². The Bertz CT molecular complexity index is 3540. The number of aromatic carboxylic acids is 1. The predicted molar refractivity (Wildman–Crippen MR) is 346 cm³/mol. The molecule has 4 aromatic carbocycles. The molecule has 3 aliphatic heterocycles. The molecule has 0 spiro atoms. The van der Waals surface area contributed by atoms with E-state index in [1.807, 2.05) is 43.3 Å². The van der Waals surface area contributed by atoms with E-state index in [-0.39, 0.29) is 46.8 Å². The van der Waals surface area contributed by atoms with Crippen molar-refractivity contribution < 1.29 is 88.1 Å². The summed E-state index contributed by atoms with van der Waals surface area (Å²) >= 11 is 5.50. The van der Waals surface area contributed by atoms with Gasteiger partial charge in [-0.3, -0.25) is 28.7 Å². The molecule has 1 amide bonds. The van der Waals surface area contributed by atoms with Gasteiger partial charge in [-0.1, -0.05) is 70.3 Å². The third kappa shape index (κ3) is 20.2. The number of hydrogen-bond donors (Lipinski definition) is 11. The summed E-state index contributed by atoms with van der Waals surface area (Å²) in [7, 11) is 3.93. The molecule has 9 atom stereocenters. The number of amides is 1. The minimum Gasteiger partial charge on any atom is -0.508 e. The number of esters is 2. The molecule has 500 valence electrons. The molecule has 0 bridgehead atoms. The third-order valence-corrected chi connectivity index (χ3v) is 16.3. The van der Waals surface area contributed by atoms with E-state index in [0.717, 1.165) is 82.0 Å². The highest BCUT2D eigenvalue weighted by atomic mass is 32.1. The smallest absolute Gasteiger partial charge is 0.336 e. The maximum atomic E-state index is 12.8. The number of fused-ring (bicyclic) bond motifs is 2. The highest BCUT2D eigenvalue weighted by molar-refractivity contribution is 7.80. The number of phenols is 1. The van der Waals surface area contributed by atoms with Crippen molar-refractivity contribution in [2.45, 2.75) is 164 Å². The fraction of sp³-hybridized carbons (Fsp3) is 0.463. The van der Waals surface area contributed by atoms with Crippen LogP contribution in [0.15, 0.2) is 123 Å². The molecule has 0 radical (unpaired) electrons. The van der Waals surface area contributed by atoms with Gasteiger partial charge in [0.15, 0.2) is 22.9 Å². The van der Waals surface area contributed by atoms with Crippen molar-refractivity contribution in [3.8, 4) is 28.2 Å². The molecule has 7 unspecified atom stereocenters. The van der Waals surface area contributed by atoms with Gasteiger partial charge in [-0.25, -0.2) is 4.79 Å². The van der Waals surface area contributed by atoms with Crippen molar-refractivity contribution in [2.24, 2.45) is 10.2 Å². The lowest BCUT2D eigenvalue weighted by Crippen LogP contribution is -2.66. The molecule has 8 rings (SSSR count). The molecule has 26 heteroatoms. The van der Waals surface area contributed by atoms with Crippen LogP contribution >= 0.6 is 12.2 Å². The Labute approximate surface area is 542 Å². The van der Waals surface area contributed by atoms with Crippen molar-refractivity contribution in [1.82, 2.24) is 10.6 Å². The summed E-state index contributed by atoms with van der Waals surface area (Å²) in [4.78, 5) is 65.0. The van der Waals surface area contributed by atoms with Crippen LogP contribution in [0.5, 0.6) is 5.75 Å². The highest BCUT2D eigenvalue weighted by Crippen LogP contribution is 2.43. The van der Waals surface area contributed by atoms with Gasteiger partial charge in [0.1, 0.15) is 48.1 Å². The first-order valence-electron chi connectivity index (χ1n) is 31.3. The van der Waals surface area contributed by atoms with E-state index >= 15 is 0 Å². The molecular weight excluding hydrogens is 1220 g/mol. The Kier molecular flexibility index (Phi) is 26.1. The number of anilines is 2. The Morgan fingerprint density at radius 3 is 1.94 bits per heavy atom. The number of azo groups is 1. The fourth-order valence-corrected chi connectivity index (χ4v) is 11.1. The van der Waals surface area contributed by atoms with Crippen LogP contribution in [0, 0.1) is 0 Å². The number of aliphatic hydroxyl groups excluding tert-OH is 5. The van der Waals surface area contributed by atoms with E-state index in [2.05, 4.69) is 26.2 Å². The van der Waals surface area contributed by atoms with Gasteiger partial charge in [0.2, 0.25) is 6.29 Å². The number of nitrogens with one attached hydrogen (secondary N) is 3. The molecule has 3 heterocycles. The molecule has 11 N–H and O–H groups in total. The van der Waals surface area contributed by atoms with Gasteiger partial charge in [-0.2, -0.15) is 10.2 Å². The first-order chi connectivity index (χ1) is 44.7. The van der Waals surface area contributed by atoms with Crippen LogP contribution in [0.25, 0.3) is 33.4 Å². The summed E-state index contributed by atoms with van der Waals surface area (Å²) in [6, 6.07) is 28.2. The largest absolute Gasteiger partial charge is 0.508 e. The van der Waals surface area contributed by atoms with Crippen molar-refractivity contribution in [1.29, 1.82) is 0 Å². The van der Waals surface area contributed by atoms with Gasteiger partial charge in [-0.15, -0.1) is 0 Å². The standard InChI is InChI=1S/C67H82N6O19S/c1-73(2)44-26-23-42(24-27-44)72-71-41-21-19-40(20-22-41)63(83)68-33-15-11-7-4-6-10-14-18-56(78)90-57-38-51(76)62(82)67(86,91-57)92-65-61(81)60(80)59(79)54(89-65)39-87-55(77)17-13-9-5-3-8-12-16-34-69-66(93)70-43-25-30-47(50(35-43)64(84)85)58-48-31-28-45(74)36-52(48)88-53-37-46(75)29-32-49(53)58/h19-32,35-37,51,54,57,59-62,65,74,76,79-82,86H,3-18,33-34,38-39H2,1-2H3,(H,68,83)(H,84,85)(H2,69,70,93)/b72-71+/t51-,54?,57?,59?,60?,61?,62?,65?,67+/m1/s1. The highest BCUT2D eigenvalue weighted by Gasteiger charge is 2.56. The van der Waals surface area contributed by atoms with Gasteiger partial charge < -0.3 is 80.3 Å². The summed E-state index contributed by atoms with van der Waals surface area (Å²) in [6.07, 6.45) is -4.06. The van der Waals surface area contributed by atoms with Crippen LogP contribution in [0.4, 0.5) is 22.7 Å². The summed E-state index contributed by atoms with van der Waals surface area (Å²) in [5.74, 6) is -5.65. The average Bonchev–Trinajstić information content (AvgIpc) is 0.909. The number of thiocarbonyl (C=S) groups is 1. The summed E-state index contributed by atoms with van der Waals surface area (Å²) in [5, 5.41) is 104. The number of rotatable bonds is 32. The number of carbonyl (C=O) groups is 4. The minimum atomic E-state index is -3.13. The van der Waals surface area contributed by atoms with Crippen LogP contribution in [-0.2, 0) is 33.3 Å². The Morgan fingerprint density at radius 2 is 1.29 bits per heavy atom. The predicted octanol–water partition coefficient (Wildman–Crippen LogP) is 8.43. The molecular formula is C67H82N6O19S. The van der Waals surface area contributed by atoms with Crippen molar-refractivity contribution >= 4 is 74.9 Å². The Morgan fingerprint density at radius 1 is 0.688 bits per heavy atom. The van der Waals surface area contributed by atoms with E-state index in [9.17, 15) is 64.8 Å². The number of carbonyl (C=O) groups excluding carboxylic acids is 3. The number of carboxylic acids is 1. The molecule has 2 fully saturated rings. The van der Waals surface area contributed by atoms with Crippen molar-refractivity contribution in [3.63, 3.8) is 0 Å². The summed E-state index contributed by atoms with van der Waals surface area (Å²) in [6.45, 7) is 0.493. The zero-order valence-corrected chi connectivity index (χ0v) is 52.7. The Balaban J connectivity index is 0.655. The van der Waals surface area contributed by atoms with Gasteiger partial charge >= 0.3 is 23.9 Å². The first-order valence-corrected chi connectivity index (χ1v) is 31.8. The van der Waals surface area contributed by atoms with Crippen LogP contribution in [0.1, 0.15) is 130 Å². The summed E-state index contributed by atoms with van der Waals surface area (Å²) in [5.41, 5.74) is 4.76. The number of hydrogen-bond acceptors (Lipinski definition) is 22. The van der Waals surface area contributed by atoms with E-state index in [1.54, 1.807) is 48.5 Å². The lowest BCUT2D eigenvalue weighted by molar-refractivity contribution is -0.493. The van der Waals surface area contributed by atoms with Gasteiger partial charge in [-0.05, 0) is 128 Å². The van der Waals surface area contributed by atoms with Crippen molar-refractivity contribution in [2.75, 3.05) is 44.0 Å². The number of ether oxygens (including phenoxy) is 5. The molecule has 25 nitrogen and oxygen atoms in total. The number of aliphatic hydroxyl groups is 6. The van der Waals surface area contributed by atoms with Crippen molar-refractivity contribution in [3.05, 3.63) is 124 Å². The molecule has 4 aliphatic rings. The number of carboxylic acid groups (broad SMARTS) is 1. The van der Waals surface area contributed by atoms with Gasteiger partial charge in [0, 0.05) is 92.0 Å².